The van der Waals surface area contributed by atoms with E-state index in [1.807, 2.05) is 6.92 Å². The van der Waals surface area contributed by atoms with E-state index >= 15 is 0 Å². The van der Waals surface area contributed by atoms with Crippen LogP contribution >= 0.6 is 11.6 Å². The minimum atomic E-state index is -0.0744. The molecule has 2 heterocycles. The number of imidazole rings is 1. The molecule has 0 N–H and O–H groups in total. The van der Waals surface area contributed by atoms with Crippen molar-refractivity contribution in [2.24, 2.45) is 0 Å². The molecule has 4 heteroatoms. The smallest absolute Gasteiger partial charge is 0.127 e. The van der Waals surface area contributed by atoms with E-state index in [0.717, 1.165) is 37.4 Å². The van der Waals surface area contributed by atoms with Crippen LogP contribution in [0.2, 0.25) is 0 Å². The third-order valence-corrected chi connectivity index (χ3v) is 4.06. The SMILES string of the molecule is Cc1cccc2c1nc(C(C)Cl)n2C1CCOCC1. The predicted octanol–water partition coefficient (Wildman–Crippen LogP) is 4.00. The summed E-state index contributed by atoms with van der Waals surface area (Å²) in [5.74, 6) is 0.984. The van der Waals surface area contributed by atoms with Crippen molar-refractivity contribution < 1.29 is 4.74 Å². The maximum absolute atomic E-state index is 6.34. The van der Waals surface area contributed by atoms with Crippen LogP contribution < -0.4 is 0 Å². The third kappa shape index (κ3) is 2.26. The van der Waals surface area contributed by atoms with Gasteiger partial charge in [0.15, 0.2) is 0 Å². The lowest BCUT2D eigenvalue weighted by atomic mass is 10.1. The summed E-state index contributed by atoms with van der Waals surface area (Å²) in [5, 5.41) is -0.0744. The maximum Gasteiger partial charge on any atom is 0.127 e. The highest BCUT2D eigenvalue weighted by molar-refractivity contribution is 6.20. The zero-order valence-corrected chi connectivity index (χ0v) is 12.2. The first-order valence-corrected chi connectivity index (χ1v) is 7.31. The normalized spacial score (nSPS) is 18.9. The van der Waals surface area contributed by atoms with Gasteiger partial charge >= 0.3 is 0 Å². The maximum atomic E-state index is 6.34. The molecule has 1 aromatic carbocycles. The van der Waals surface area contributed by atoms with Crippen LogP contribution in [0, 0.1) is 6.92 Å². The molecule has 0 spiro atoms. The van der Waals surface area contributed by atoms with Gasteiger partial charge in [-0.3, -0.25) is 0 Å². The van der Waals surface area contributed by atoms with Crippen LogP contribution in [0.5, 0.6) is 0 Å². The van der Waals surface area contributed by atoms with E-state index in [0.29, 0.717) is 6.04 Å². The molecule has 102 valence electrons. The summed E-state index contributed by atoms with van der Waals surface area (Å²) in [6.45, 7) is 5.75. The van der Waals surface area contributed by atoms with Crippen molar-refractivity contribution >= 4 is 22.6 Å². The molecule has 1 saturated heterocycles. The largest absolute Gasteiger partial charge is 0.381 e. The number of para-hydroxylation sites is 1. The predicted molar refractivity (Wildman–Crippen MR) is 77.8 cm³/mol. The number of hydrogen-bond donors (Lipinski definition) is 0. The van der Waals surface area contributed by atoms with Crippen molar-refractivity contribution in [1.82, 2.24) is 9.55 Å². The van der Waals surface area contributed by atoms with Gasteiger partial charge in [-0.15, -0.1) is 11.6 Å². The molecule has 1 atom stereocenters. The van der Waals surface area contributed by atoms with Gasteiger partial charge in [0, 0.05) is 19.3 Å². The van der Waals surface area contributed by atoms with Crippen molar-refractivity contribution in [3.05, 3.63) is 29.6 Å². The number of halogens is 1. The van der Waals surface area contributed by atoms with Gasteiger partial charge in [0.25, 0.3) is 0 Å². The van der Waals surface area contributed by atoms with Gasteiger partial charge in [0.05, 0.1) is 16.4 Å². The van der Waals surface area contributed by atoms with E-state index < -0.39 is 0 Å². The molecular weight excluding hydrogens is 260 g/mol. The van der Waals surface area contributed by atoms with Crippen molar-refractivity contribution in [3.63, 3.8) is 0 Å². The molecule has 0 radical (unpaired) electrons. The quantitative estimate of drug-likeness (QED) is 0.777. The Labute approximate surface area is 118 Å². The van der Waals surface area contributed by atoms with Crippen LogP contribution in [0.3, 0.4) is 0 Å². The van der Waals surface area contributed by atoms with E-state index in [4.69, 9.17) is 21.3 Å². The average Bonchev–Trinajstić information content (AvgIpc) is 2.81. The first-order chi connectivity index (χ1) is 9.18. The molecule has 0 amide bonds. The van der Waals surface area contributed by atoms with Crippen molar-refractivity contribution in [2.75, 3.05) is 13.2 Å². The Morgan fingerprint density at radius 2 is 2.11 bits per heavy atom. The number of aromatic nitrogens is 2. The second kappa shape index (κ2) is 5.14. The Morgan fingerprint density at radius 3 is 2.79 bits per heavy atom. The fourth-order valence-corrected chi connectivity index (χ4v) is 3.04. The van der Waals surface area contributed by atoms with Gasteiger partial charge in [-0.05, 0) is 38.3 Å². The number of ether oxygens (including phenoxy) is 1. The summed E-state index contributed by atoms with van der Waals surface area (Å²) < 4.78 is 7.80. The van der Waals surface area contributed by atoms with E-state index in [2.05, 4.69) is 29.7 Å². The Bertz CT molecular complexity index is 585. The molecule has 2 aromatic rings. The lowest BCUT2D eigenvalue weighted by Crippen LogP contribution is -2.21. The van der Waals surface area contributed by atoms with Crippen molar-refractivity contribution in [2.45, 2.75) is 38.1 Å². The summed E-state index contributed by atoms with van der Waals surface area (Å²) in [6, 6.07) is 6.80. The van der Waals surface area contributed by atoms with E-state index in [1.54, 1.807) is 0 Å². The topological polar surface area (TPSA) is 27.1 Å². The van der Waals surface area contributed by atoms with Gasteiger partial charge in [0.2, 0.25) is 0 Å². The van der Waals surface area contributed by atoms with E-state index in [1.165, 1.54) is 11.1 Å². The van der Waals surface area contributed by atoms with E-state index in [-0.39, 0.29) is 5.38 Å². The number of fused-ring (bicyclic) bond motifs is 1. The van der Waals surface area contributed by atoms with Gasteiger partial charge in [-0.1, -0.05) is 12.1 Å². The number of hydrogen-bond acceptors (Lipinski definition) is 2. The molecule has 0 aliphatic carbocycles. The lowest BCUT2D eigenvalue weighted by Gasteiger charge is -2.26. The summed E-state index contributed by atoms with van der Waals surface area (Å²) in [4.78, 5) is 4.78. The molecular formula is C15H19ClN2O. The minimum Gasteiger partial charge on any atom is -0.381 e. The first kappa shape index (κ1) is 12.9. The molecule has 3 nitrogen and oxygen atoms in total. The Morgan fingerprint density at radius 1 is 1.37 bits per heavy atom. The van der Waals surface area contributed by atoms with Crippen molar-refractivity contribution in [3.8, 4) is 0 Å². The van der Waals surface area contributed by atoms with Crippen LogP contribution in [0.25, 0.3) is 11.0 Å². The summed E-state index contributed by atoms with van der Waals surface area (Å²) in [6.07, 6.45) is 2.08. The molecule has 1 fully saturated rings. The van der Waals surface area contributed by atoms with Gasteiger partial charge in [-0.2, -0.15) is 0 Å². The van der Waals surface area contributed by atoms with Gasteiger partial charge in [0.1, 0.15) is 5.82 Å². The Balaban J connectivity index is 2.18. The molecule has 0 bridgehead atoms. The van der Waals surface area contributed by atoms with Crippen molar-refractivity contribution in [1.29, 1.82) is 0 Å². The second-order valence-corrected chi connectivity index (χ2v) is 5.90. The molecule has 0 saturated carbocycles. The van der Waals surface area contributed by atoms with Crippen LogP contribution in [-0.4, -0.2) is 22.8 Å². The third-order valence-electron chi connectivity index (χ3n) is 3.86. The summed E-state index contributed by atoms with van der Waals surface area (Å²) in [5.41, 5.74) is 3.49. The standard InChI is InChI=1S/C15H19ClN2O/c1-10-4-3-5-13-14(10)17-15(11(2)16)18(13)12-6-8-19-9-7-12/h3-5,11-12H,6-9H2,1-2H3. The Kier molecular flexibility index (Phi) is 3.50. The second-order valence-electron chi connectivity index (χ2n) is 5.24. The molecule has 19 heavy (non-hydrogen) atoms. The Hall–Kier alpha value is -1.06. The zero-order chi connectivity index (χ0) is 13.4. The van der Waals surface area contributed by atoms with E-state index in [9.17, 15) is 0 Å². The fraction of sp³-hybridized carbons (Fsp3) is 0.533. The lowest BCUT2D eigenvalue weighted by molar-refractivity contribution is 0.0698. The molecule has 1 aromatic heterocycles. The minimum absolute atomic E-state index is 0.0744. The number of nitrogens with zero attached hydrogens (tertiary/aromatic N) is 2. The molecule has 1 unspecified atom stereocenters. The highest BCUT2D eigenvalue weighted by Crippen LogP contribution is 2.33. The van der Waals surface area contributed by atoms with Crippen LogP contribution in [0.4, 0.5) is 0 Å². The van der Waals surface area contributed by atoms with Gasteiger partial charge < -0.3 is 9.30 Å². The molecule has 1 aliphatic heterocycles. The molecule has 1 aliphatic rings. The average molecular weight is 279 g/mol. The highest BCUT2D eigenvalue weighted by Gasteiger charge is 2.23. The number of aryl methyl sites for hydroxylation is 1. The monoisotopic (exact) mass is 278 g/mol. The van der Waals surface area contributed by atoms with Crippen LogP contribution in [0.15, 0.2) is 18.2 Å². The number of benzene rings is 1. The molecule has 3 rings (SSSR count). The number of alkyl halides is 1. The van der Waals surface area contributed by atoms with Crippen LogP contribution in [0.1, 0.15) is 42.6 Å². The zero-order valence-electron chi connectivity index (χ0n) is 11.4. The van der Waals surface area contributed by atoms with Crippen LogP contribution in [-0.2, 0) is 4.74 Å². The summed E-state index contributed by atoms with van der Waals surface area (Å²) >= 11 is 6.34. The number of rotatable bonds is 2. The fourth-order valence-electron chi connectivity index (χ4n) is 2.88. The first-order valence-electron chi connectivity index (χ1n) is 6.87. The highest BCUT2D eigenvalue weighted by atomic mass is 35.5. The van der Waals surface area contributed by atoms with Gasteiger partial charge in [-0.25, -0.2) is 4.98 Å². The summed E-state index contributed by atoms with van der Waals surface area (Å²) in [7, 11) is 0.